The molecule has 5 aliphatic rings. The highest BCUT2D eigenvalue weighted by atomic mass is 19.1. The summed E-state index contributed by atoms with van der Waals surface area (Å²) in [5.74, 6) is 0.857. The minimum Gasteiger partial charge on any atom is -0.468 e. The quantitative estimate of drug-likeness (QED) is 0.0417. The van der Waals surface area contributed by atoms with Crippen molar-refractivity contribution in [2.75, 3.05) is 58.2 Å². The number of para-hydroxylation sites is 1. The summed E-state index contributed by atoms with van der Waals surface area (Å²) < 4.78 is 65.4. The third-order valence-corrected chi connectivity index (χ3v) is 16.6. The number of pyridine rings is 1. The van der Waals surface area contributed by atoms with E-state index in [-0.39, 0.29) is 102 Å². The molecular weight excluding hydrogens is 1050 g/mol. The van der Waals surface area contributed by atoms with Gasteiger partial charge in [-0.15, -0.1) is 6.42 Å². The number of hydrogen-bond acceptors (Lipinski definition) is 15. The minimum atomic E-state index is -0.809. The molecule has 0 radical (unpaired) electrons. The Labute approximate surface area is 466 Å². The maximum atomic E-state index is 17.7. The van der Waals surface area contributed by atoms with Crippen LogP contribution in [0.1, 0.15) is 102 Å². The van der Waals surface area contributed by atoms with Crippen molar-refractivity contribution in [3.63, 3.8) is 0 Å². The Bertz CT molecular complexity index is 3580. The number of piperidine rings is 1. The number of imidazole rings is 1. The van der Waals surface area contributed by atoms with Gasteiger partial charge in [-0.2, -0.15) is 9.97 Å². The number of carbonyl (C=O) groups excluding carboxylic acids is 4. The molecule has 5 aliphatic heterocycles. The molecule has 81 heavy (non-hydrogen) atoms. The standard InChI is InChI=1S/C59H66F2N10O10/c1-7-40-43(60)18-15-35-26-39(80-33-77-6)27-41(47(35)40)49-48(61)50-42(28-63-49)52(68-29-36-16-17-37(30-68)70(36)57(76)81-58(2,3)4)66-54(65-50)79-32-59-22-11-25-69(59)38(21-23-59)31-78-55(74)62-24-9-8-12-34-13-10-14-44-51(34)67(5)56(75)71(44)45-19-20-46(72)64-53(45)73/h1,10,13-15,18,26-28,36-38,45H,8-9,11-12,16-17,19-25,29-33H2,2-6H3,(H,62,74)(H,64,72,73)/t36-,37-,38-,45-,59-/m0/s1. The van der Waals surface area contributed by atoms with Gasteiger partial charge in [-0.1, -0.05) is 24.1 Å². The van der Waals surface area contributed by atoms with Crippen LogP contribution in [0.5, 0.6) is 11.8 Å². The van der Waals surface area contributed by atoms with E-state index in [9.17, 15) is 24.0 Å². The minimum absolute atomic E-state index is 0.0560. The third-order valence-electron chi connectivity index (χ3n) is 16.6. The fourth-order valence-electron chi connectivity index (χ4n) is 12.9. The van der Waals surface area contributed by atoms with Gasteiger partial charge < -0.3 is 33.9 Å². The number of benzene rings is 3. The highest BCUT2D eigenvalue weighted by Crippen LogP contribution is 2.44. The van der Waals surface area contributed by atoms with Gasteiger partial charge in [-0.05, 0) is 127 Å². The van der Waals surface area contributed by atoms with Crippen molar-refractivity contribution < 1.29 is 51.6 Å². The molecule has 5 fully saturated rings. The molecule has 2 bridgehead atoms. The van der Waals surface area contributed by atoms with Crippen molar-refractivity contribution in [3.8, 4) is 35.4 Å². The Balaban J connectivity index is 0.789. The Morgan fingerprint density at radius 2 is 1.79 bits per heavy atom. The number of terminal acetylenes is 1. The van der Waals surface area contributed by atoms with Crippen LogP contribution in [-0.4, -0.2) is 140 Å². The first-order chi connectivity index (χ1) is 38.9. The summed E-state index contributed by atoms with van der Waals surface area (Å²) in [4.78, 5) is 85.2. The van der Waals surface area contributed by atoms with Crippen LogP contribution in [0.2, 0.25) is 0 Å². The first-order valence-electron chi connectivity index (χ1n) is 27.8. The van der Waals surface area contributed by atoms with E-state index in [2.05, 4.69) is 26.4 Å². The molecule has 0 spiro atoms. The summed E-state index contributed by atoms with van der Waals surface area (Å²) in [6.45, 7) is 7.66. The van der Waals surface area contributed by atoms with E-state index >= 15 is 8.78 Å². The van der Waals surface area contributed by atoms with Gasteiger partial charge in [0, 0.05) is 63.4 Å². The molecule has 8 heterocycles. The number of fused-ring (bicyclic) bond motifs is 6. The van der Waals surface area contributed by atoms with E-state index < -0.39 is 40.8 Å². The van der Waals surface area contributed by atoms with Gasteiger partial charge in [-0.3, -0.25) is 38.8 Å². The molecule has 3 aromatic heterocycles. The van der Waals surface area contributed by atoms with E-state index in [1.165, 1.54) is 23.9 Å². The van der Waals surface area contributed by atoms with Crippen LogP contribution < -0.4 is 30.7 Å². The maximum absolute atomic E-state index is 17.7. The summed E-state index contributed by atoms with van der Waals surface area (Å²) >= 11 is 0. The summed E-state index contributed by atoms with van der Waals surface area (Å²) in [7, 11) is 3.15. The number of ether oxygens (including phenoxy) is 5. The largest absolute Gasteiger partial charge is 0.468 e. The van der Waals surface area contributed by atoms with E-state index in [4.69, 9.17) is 40.1 Å². The topological polar surface area (TPSA) is 214 Å². The van der Waals surface area contributed by atoms with Crippen molar-refractivity contribution in [1.82, 2.24) is 44.5 Å². The van der Waals surface area contributed by atoms with Crippen LogP contribution in [0, 0.1) is 24.0 Å². The van der Waals surface area contributed by atoms with Crippen LogP contribution in [0.3, 0.4) is 0 Å². The van der Waals surface area contributed by atoms with Crippen molar-refractivity contribution in [3.05, 3.63) is 81.9 Å². The number of hydrogen-bond donors (Lipinski definition) is 2. The highest BCUT2D eigenvalue weighted by molar-refractivity contribution is 6.03. The fourth-order valence-corrected chi connectivity index (χ4v) is 12.9. The number of anilines is 1. The average molecular weight is 1110 g/mol. The molecule has 22 heteroatoms. The summed E-state index contributed by atoms with van der Waals surface area (Å²) in [6.07, 6.45) is 13.5. The van der Waals surface area contributed by atoms with Crippen LogP contribution >= 0.6 is 0 Å². The molecule has 0 aliphatic carbocycles. The van der Waals surface area contributed by atoms with Crippen molar-refractivity contribution in [2.24, 2.45) is 7.05 Å². The zero-order valence-corrected chi connectivity index (χ0v) is 46.1. The van der Waals surface area contributed by atoms with E-state index in [1.807, 2.05) is 48.8 Å². The number of aryl methyl sites for hydroxylation is 2. The van der Waals surface area contributed by atoms with E-state index in [1.54, 1.807) is 29.8 Å². The predicted molar refractivity (Wildman–Crippen MR) is 296 cm³/mol. The summed E-state index contributed by atoms with van der Waals surface area (Å²) in [6, 6.07) is 10.3. The number of piperazine rings is 1. The van der Waals surface area contributed by atoms with Crippen molar-refractivity contribution in [2.45, 2.75) is 127 Å². The van der Waals surface area contributed by atoms with E-state index in [0.29, 0.717) is 66.8 Å². The van der Waals surface area contributed by atoms with Crippen LogP contribution in [0.25, 0.3) is 44.0 Å². The number of aromatic nitrogens is 5. The lowest BCUT2D eigenvalue weighted by molar-refractivity contribution is -0.135. The Hall–Kier alpha value is -7.90. The molecule has 5 saturated heterocycles. The number of alkyl carbamates (subject to hydrolysis) is 1. The number of rotatable bonds is 16. The van der Waals surface area contributed by atoms with Gasteiger partial charge in [0.2, 0.25) is 11.8 Å². The zero-order valence-electron chi connectivity index (χ0n) is 46.1. The van der Waals surface area contributed by atoms with E-state index in [0.717, 1.165) is 56.1 Å². The molecule has 4 amide bonds. The van der Waals surface area contributed by atoms with Gasteiger partial charge in [0.05, 0.1) is 39.6 Å². The molecule has 0 saturated carbocycles. The lowest BCUT2D eigenvalue weighted by Gasteiger charge is -2.42. The number of nitrogens with one attached hydrogen (secondary N) is 2. The lowest BCUT2D eigenvalue weighted by atomic mass is 9.95. The summed E-state index contributed by atoms with van der Waals surface area (Å²) in [5, 5.41) is 6.32. The normalized spacial score (nSPS) is 21.9. The third kappa shape index (κ3) is 10.6. The van der Waals surface area contributed by atoms with Crippen LogP contribution in [0.15, 0.2) is 53.5 Å². The van der Waals surface area contributed by atoms with Crippen LogP contribution in [0.4, 0.5) is 24.2 Å². The van der Waals surface area contributed by atoms with Crippen molar-refractivity contribution in [1.29, 1.82) is 0 Å². The molecule has 6 aromatic rings. The maximum Gasteiger partial charge on any atom is 0.410 e. The number of methoxy groups -OCH3 is 1. The lowest BCUT2D eigenvalue weighted by Crippen LogP contribution is -2.57. The second-order valence-electron chi connectivity index (χ2n) is 22.8. The molecule has 5 atom stereocenters. The molecule has 2 N–H and O–H groups in total. The second kappa shape index (κ2) is 22.2. The second-order valence-corrected chi connectivity index (χ2v) is 22.8. The van der Waals surface area contributed by atoms with Crippen LogP contribution in [-0.2, 0) is 37.3 Å². The average Bonchev–Trinajstić information content (AvgIpc) is 4.16. The number of imide groups is 1. The molecular formula is C59H66F2N10O10. The van der Waals surface area contributed by atoms with Crippen molar-refractivity contribution >= 4 is 62.5 Å². The number of nitrogens with zero attached hydrogens (tertiary/aromatic N) is 8. The SMILES string of the molecule is C#Cc1c(F)ccc2cc(OCOC)cc(-c3ncc4c(N5C[C@@H]6CC[C@@H](C5)N6C(=O)OC(C)(C)C)nc(OC[C@@]56CCCN5[C@H](COC(=O)NCCCCc5cccc7c5n(C)c(=O)n7[C@H]5CCC(=O)NC5=O)CC6)nc4c3F)c12. The molecule has 426 valence electrons. The number of amides is 4. The number of halogens is 2. The smallest absolute Gasteiger partial charge is 0.410 e. The van der Waals surface area contributed by atoms with Gasteiger partial charge in [-0.25, -0.2) is 23.2 Å². The Morgan fingerprint density at radius 1 is 0.988 bits per heavy atom. The van der Waals surface area contributed by atoms with Gasteiger partial charge in [0.1, 0.15) is 53.5 Å². The Morgan fingerprint density at radius 3 is 2.54 bits per heavy atom. The molecule has 11 rings (SSSR count). The highest BCUT2D eigenvalue weighted by Gasteiger charge is 2.51. The number of carbonyl (C=O) groups is 4. The first kappa shape index (κ1) is 55.0. The predicted octanol–water partition coefficient (Wildman–Crippen LogP) is 7.43. The summed E-state index contributed by atoms with van der Waals surface area (Å²) in [5.41, 5.74) is 0.761. The van der Waals surface area contributed by atoms with Gasteiger partial charge in [0.25, 0.3) is 0 Å². The fraction of sp³-hybridized carbons (Fsp3) is 0.492. The first-order valence-corrected chi connectivity index (χ1v) is 27.8. The molecule has 0 unspecified atom stereocenters. The Kier molecular flexibility index (Phi) is 15.1. The molecule has 3 aromatic carbocycles. The zero-order chi connectivity index (χ0) is 56.9. The molecule has 20 nitrogen and oxygen atoms in total. The number of unbranched alkanes of at least 4 members (excludes halogenated alkanes) is 1. The van der Waals surface area contributed by atoms with Gasteiger partial charge >= 0.3 is 23.9 Å². The van der Waals surface area contributed by atoms with Gasteiger partial charge in [0.15, 0.2) is 12.6 Å². The monoisotopic (exact) mass is 1110 g/mol.